The fraction of sp³-hybridized carbons (Fsp3) is 0.500. The minimum absolute atomic E-state index is 0.0461. The van der Waals surface area contributed by atoms with Crippen LogP contribution >= 0.6 is 0 Å². The number of benzene rings is 1. The maximum atomic E-state index is 13.6. The third kappa shape index (κ3) is 5.75. The van der Waals surface area contributed by atoms with Crippen LogP contribution < -0.4 is 4.74 Å². The van der Waals surface area contributed by atoms with Crippen LogP contribution in [0.5, 0.6) is 5.75 Å². The number of sulfonamides is 1. The number of aliphatic hydroxyl groups excluding tert-OH is 1. The molecule has 1 aromatic heterocycles. The Kier molecular flexibility index (Phi) is 8.29. The van der Waals surface area contributed by atoms with E-state index in [0.29, 0.717) is 6.54 Å². The maximum Gasteiger partial charge on any atom is 0.247 e. The van der Waals surface area contributed by atoms with Crippen LogP contribution in [0.15, 0.2) is 47.6 Å². The molecule has 2 aromatic rings. The Morgan fingerprint density at radius 1 is 1.21 bits per heavy atom. The molecule has 1 aromatic carbocycles. The van der Waals surface area contributed by atoms with Crippen molar-refractivity contribution in [3.63, 3.8) is 0 Å². The van der Waals surface area contributed by atoms with Crippen molar-refractivity contribution in [3.8, 4) is 16.9 Å². The van der Waals surface area contributed by atoms with Crippen LogP contribution in [0.1, 0.15) is 13.8 Å². The molecule has 9 nitrogen and oxygen atoms in total. The Morgan fingerprint density at radius 3 is 2.50 bits per heavy atom. The van der Waals surface area contributed by atoms with E-state index in [0.717, 1.165) is 11.1 Å². The Hall–Kier alpha value is -2.53. The number of rotatable bonds is 7. The molecule has 0 fully saturated rings. The van der Waals surface area contributed by atoms with Gasteiger partial charge in [-0.25, -0.2) is 8.42 Å². The number of aliphatic hydroxyl groups is 1. The average Bonchev–Trinajstić information content (AvgIpc) is 2.80. The average molecular weight is 491 g/mol. The second-order valence-electron chi connectivity index (χ2n) is 9.15. The minimum Gasteiger partial charge on any atom is -0.487 e. The molecule has 2 heterocycles. The lowest BCUT2D eigenvalue weighted by atomic mass is 10.0. The summed E-state index contributed by atoms with van der Waals surface area (Å²) in [6, 6.07) is 8.08. The van der Waals surface area contributed by atoms with E-state index in [1.807, 2.05) is 33.2 Å². The van der Waals surface area contributed by atoms with Crippen LogP contribution in [0.2, 0.25) is 0 Å². The van der Waals surface area contributed by atoms with Gasteiger partial charge in [0.05, 0.1) is 19.7 Å². The van der Waals surface area contributed by atoms with E-state index in [4.69, 9.17) is 4.74 Å². The molecule has 1 aliphatic rings. The van der Waals surface area contributed by atoms with Crippen LogP contribution in [0, 0.1) is 5.92 Å². The summed E-state index contributed by atoms with van der Waals surface area (Å²) in [6.45, 7) is 4.01. The molecule has 0 aliphatic carbocycles. The molecule has 0 saturated heterocycles. The lowest BCUT2D eigenvalue weighted by molar-refractivity contribution is -0.132. The van der Waals surface area contributed by atoms with Crippen molar-refractivity contribution in [2.45, 2.75) is 30.9 Å². The van der Waals surface area contributed by atoms with Crippen molar-refractivity contribution in [3.05, 3.63) is 42.7 Å². The smallest absolute Gasteiger partial charge is 0.247 e. The SMILES string of the molecule is C[C@H]1CN([C@@H](C)CO)S(=O)(=O)c2ccc(-c3ccncc3)cc2O[C@H]1CN(C)C(=O)CN(C)C. The van der Waals surface area contributed by atoms with Gasteiger partial charge in [-0.2, -0.15) is 4.31 Å². The molecule has 0 bridgehead atoms. The molecule has 10 heteroatoms. The zero-order valence-corrected chi connectivity index (χ0v) is 21.2. The zero-order chi connectivity index (χ0) is 25.0. The van der Waals surface area contributed by atoms with Crippen molar-refractivity contribution < 1.29 is 23.1 Å². The van der Waals surface area contributed by atoms with Gasteiger partial charge in [-0.3, -0.25) is 9.78 Å². The topological polar surface area (TPSA) is 103 Å². The normalized spacial score (nSPS) is 21.1. The number of fused-ring (bicyclic) bond motifs is 1. The van der Waals surface area contributed by atoms with Gasteiger partial charge < -0.3 is 19.6 Å². The molecule has 3 rings (SSSR count). The lowest BCUT2D eigenvalue weighted by Crippen LogP contribution is -2.50. The van der Waals surface area contributed by atoms with E-state index in [-0.39, 0.29) is 42.2 Å². The number of hydrogen-bond acceptors (Lipinski definition) is 7. The molecule has 1 N–H and O–H groups in total. The van der Waals surface area contributed by atoms with Gasteiger partial charge in [0, 0.05) is 37.9 Å². The Bertz CT molecular complexity index is 1090. The van der Waals surface area contributed by atoms with Crippen LogP contribution in [0.3, 0.4) is 0 Å². The number of pyridine rings is 1. The first-order valence-corrected chi connectivity index (χ1v) is 12.7. The van der Waals surface area contributed by atoms with E-state index < -0.39 is 22.2 Å². The summed E-state index contributed by atoms with van der Waals surface area (Å²) in [5, 5.41) is 9.78. The third-order valence-corrected chi connectivity index (χ3v) is 8.03. The third-order valence-electron chi connectivity index (χ3n) is 6.01. The highest BCUT2D eigenvalue weighted by Gasteiger charge is 2.38. The van der Waals surface area contributed by atoms with Crippen LogP contribution in [-0.2, 0) is 14.8 Å². The van der Waals surface area contributed by atoms with Gasteiger partial charge in [0.25, 0.3) is 0 Å². The Labute approximate surface area is 202 Å². The highest BCUT2D eigenvalue weighted by atomic mass is 32.2. The Morgan fingerprint density at radius 2 is 1.88 bits per heavy atom. The molecule has 0 saturated carbocycles. The highest BCUT2D eigenvalue weighted by molar-refractivity contribution is 7.89. The van der Waals surface area contributed by atoms with Gasteiger partial charge in [-0.1, -0.05) is 13.0 Å². The molecular formula is C24H34N4O5S. The van der Waals surface area contributed by atoms with Crippen molar-refractivity contribution in [1.29, 1.82) is 0 Å². The number of nitrogens with zero attached hydrogens (tertiary/aromatic N) is 4. The van der Waals surface area contributed by atoms with E-state index in [9.17, 15) is 18.3 Å². The summed E-state index contributed by atoms with van der Waals surface area (Å²) in [7, 11) is 1.46. The summed E-state index contributed by atoms with van der Waals surface area (Å²) in [4.78, 5) is 20.1. The highest BCUT2D eigenvalue weighted by Crippen LogP contribution is 2.36. The van der Waals surface area contributed by atoms with Crippen molar-refractivity contribution in [2.75, 3.05) is 47.4 Å². The second-order valence-corrected chi connectivity index (χ2v) is 11.0. The lowest BCUT2D eigenvalue weighted by Gasteiger charge is -2.37. The molecular weight excluding hydrogens is 456 g/mol. The summed E-state index contributed by atoms with van der Waals surface area (Å²) >= 11 is 0. The molecule has 0 radical (unpaired) electrons. The predicted octanol–water partition coefficient (Wildman–Crippen LogP) is 1.54. The summed E-state index contributed by atoms with van der Waals surface area (Å²) in [6.07, 6.45) is 2.89. The van der Waals surface area contributed by atoms with Crippen molar-refractivity contribution in [1.82, 2.24) is 19.1 Å². The molecule has 1 amide bonds. The van der Waals surface area contributed by atoms with Crippen LogP contribution in [0.4, 0.5) is 0 Å². The van der Waals surface area contributed by atoms with Crippen LogP contribution in [-0.4, -0.2) is 98.1 Å². The minimum atomic E-state index is -3.92. The summed E-state index contributed by atoms with van der Waals surface area (Å²) in [5.41, 5.74) is 1.67. The van der Waals surface area contributed by atoms with E-state index in [1.54, 1.807) is 54.4 Å². The van der Waals surface area contributed by atoms with Gasteiger partial charge in [-0.15, -0.1) is 0 Å². The van der Waals surface area contributed by atoms with E-state index >= 15 is 0 Å². The predicted molar refractivity (Wildman–Crippen MR) is 130 cm³/mol. The first kappa shape index (κ1) is 26.1. The number of ether oxygens (including phenoxy) is 1. The fourth-order valence-corrected chi connectivity index (χ4v) is 5.76. The molecule has 186 valence electrons. The van der Waals surface area contributed by atoms with Crippen molar-refractivity contribution in [2.24, 2.45) is 5.92 Å². The Balaban J connectivity index is 2.06. The molecule has 3 atom stereocenters. The molecule has 0 spiro atoms. The van der Waals surface area contributed by atoms with Crippen LogP contribution in [0.25, 0.3) is 11.1 Å². The van der Waals surface area contributed by atoms with Gasteiger partial charge in [0.1, 0.15) is 16.7 Å². The maximum absolute atomic E-state index is 13.6. The molecule has 1 aliphatic heterocycles. The van der Waals surface area contributed by atoms with Crippen molar-refractivity contribution >= 4 is 15.9 Å². The van der Waals surface area contributed by atoms with E-state index in [2.05, 4.69) is 4.98 Å². The zero-order valence-electron chi connectivity index (χ0n) is 20.4. The number of carbonyl (C=O) groups is 1. The standard InChI is InChI=1S/C24H34N4O5S/c1-17-13-28(18(2)16-29)34(31,32)23-7-6-20(19-8-10-25-11-9-19)12-21(23)33-22(17)14-27(5)24(30)15-26(3)4/h6-12,17-18,22,29H,13-16H2,1-5H3/t17-,18-,22-/m0/s1. The summed E-state index contributed by atoms with van der Waals surface area (Å²) in [5.74, 6) is -0.0626. The number of aromatic nitrogens is 1. The van der Waals surface area contributed by atoms with Gasteiger partial charge in [-0.05, 0) is 56.4 Å². The fourth-order valence-electron chi connectivity index (χ4n) is 3.93. The van der Waals surface area contributed by atoms with E-state index in [1.165, 1.54) is 4.31 Å². The first-order chi connectivity index (χ1) is 16.0. The monoisotopic (exact) mass is 490 g/mol. The number of amides is 1. The first-order valence-electron chi connectivity index (χ1n) is 11.3. The number of hydrogen-bond donors (Lipinski definition) is 1. The molecule has 0 unspecified atom stereocenters. The summed E-state index contributed by atoms with van der Waals surface area (Å²) < 4.78 is 34.8. The largest absolute Gasteiger partial charge is 0.487 e. The number of carbonyl (C=O) groups excluding carboxylic acids is 1. The van der Waals surface area contributed by atoms with Gasteiger partial charge >= 0.3 is 0 Å². The number of likely N-dealkylation sites (N-methyl/N-ethyl adjacent to an activating group) is 2. The molecule has 34 heavy (non-hydrogen) atoms. The van der Waals surface area contributed by atoms with Gasteiger partial charge in [0.15, 0.2) is 0 Å². The second kappa shape index (κ2) is 10.8. The van der Waals surface area contributed by atoms with Gasteiger partial charge in [0.2, 0.25) is 15.9 Å². The quantitative estimate of drug-likeness (QED) is 0.628.